The Balaban J connectivity index is 1.33. The van der Waals surface area contributed by atoms with Gasteiger partial charge in [-0.15, -0.1) is 10.2 Å². The molecule has 1 amide bonds. The van der Waals surface area contributed by atoms with E-state index in [9.17, 15) is 4.79 Å². The van der Waals surface area contributed by atoms with Crippen LogP contribution in [0, 0.1) is 5.92 Å². The van der Waals surface area contributed by atoms with Gasteiger partial charge in [0, 0.05) is 58.3 Å². The lowest BCUT2D eigenvalue weighted by molar-refractivity contribution is -0.132. The molecule has 2 saturated heterocycles. The van der Waals surface area contributed by atoms with Crippen molar-refractivity contribution in [1.29, 1.82) is 0 Å². The van der Waals surface area contributed by atoms with Crippen LogP contribution in [-0.4, -0.2) is 85.3 Å². The predicted octanol–water partition coefficient (Wildman–Crippen LogP) is 0.287. The van der Waals surface area contributed by atoms with Crippen molar-refractivity contribution in [3.63, 3.8) is 0 Å². The van der Waals surface area contributed by atoms with E-state index in [1.54, 1.807) is 0 Å². The molecule has 1 saturated carbocycles. The average Bonchev–Trinajstić information content (AvgIpc) is 3.47. The zero-order valence-electron chi connectivity index (χ0n) is 14.4. The number of hydrogen-bond donors (Lipinski definition) is 0. The van der Waals surface area contributed by atoms with Crippen LogP contribution in [0.5, 0.6) is 0 Å². The van der Waals surface area contributed by atoms with Gasteiger partial charge in [-0.25, -0.2) is 0 Å². The monoisotopic (exact) mass is 330 g/mol. The highest BCUT2D eigenvalue weighted by molar-refractivity contribution is 5.81. The Morgan fingerprint density at radius 2 is 1.38 bits per heavy atom. The van der Waals surface area contributed by atoms with Gasteiger partial charge in [0.1, 0.15) is 0 Å². The Labute approximate surface area is 143 Å². The number of rotatable bonds is 3. The summed E-state index contributed by atoms with van der Waals surface area (Å²) in [7, 11) is 2.15. The van der Waals surface area contributed by atoms with Crippen LogP contribution in [0.15, 0.2) is 12.1 Å². The van der Waals surface area contributed by atoms with Gasteiger partial charge in [-0.05, 0) is 32.0 Å². The summed E-state index contributed by atoms with van der Waals surface area (Å²) in [6.45, 7) is 7.45. The number of amides is 1. The van der Waals surface area contributed by atoms with Gasteiger partial charge in [-0.3, -0.25) is 4.79 Å². The zero-order chi connectivity index (χ0) is 16.5. The molecule has 24 heavy (non-hydrogen) atoms. The van der Waals surface area contributed by atoms with E-state index in [0.717, 1.165) is 76.8 Å². The third-order valence-corrected chi connectivity index (χ3v) is 5.31. The number of aromatic nitrogens is 2. The van der Waals surface area contributed by atoms with Gasteiger partial charge in [0.15, 0.2) is 11.6 Å². The van der Waals surface area contributed by atoms with Gasteiger partial charge in [-0.1, -0.05) is 0 Å². The van der Waals surface area contributed by atoms with Gasteiger partial charge in [0.05, 0.1) is 0 Å². The summed E-state index contributed by atoms with van der Waals surface area (Å²) in [4.78, 5) is 21.0. The standard InChI is InChI=1S/C17H26N6O/c1-20-6-8-21(9-7-20)15-4-5-16(19-18-15)22-10-12-23(13-11-22)17(24)14-2-3-14/h4-5,14H,2-3,6-13H2,1H3. The SMILES string of the molecule is CN1CCN(c2ccc(N3CCN(C(=O)C4CC4)CC3)nn2)CC1. The van der Waals surface area contributed by atoms with Crippen LogP contribution in [0.2, 0.25) is 0 Å². The maximum atomic E-state index is 12.1. The molecule has 1 aliphatic carbocycles. The minimum absolute atomic E-state index is 0.319. The van der Waals surface area contributed by atoms with Crippen LogP contribution in [0.1, 0.15) is 12.8 Å². The number of nitrogens with zero attached hydrogens (tertiary/aromatic N) is 6. The summed E-state index contributed by atoms with van der Waals surface area (Å²) in [5, 5.41) is 8.86. The van der Waals surface area contributed by atoms with E-state index in [0.29, 0.717) is 11.8 Å². The molecule has 0 radical (unpaired) electrons. The average molecular weight is 330 g/mol. The minimum atomic E-state index is 0.319. The molecule has 3 heterocycles. The highest BCUT2D eigenvalue weighted by Gasteiger charge is 2.34. The molecule has 3 aliphatic rings. The van der Waals surface area contributed by atoms with Gasteiger partial charge < -0.3 is 19.6 Å². The molecule has 0 bridgehead atoms. The summed E-state index contributed by atoms with van der Waals surface area (Å²) in [6.07, 6.45) is 2.16. The second-order valence-electron chi connectivity index (χ2n) is 7.13. The Hall–Kier alpha value is -1.89. The normalized spacial score (nSPS) is 22.8. The molecule has 2 aliphatic heterocycles. The maximum Gasteiger partial charge on any atom is 0.225 e. The summed E-state index contributed by atoms with van der Waals surface area (Å²) in [5.74, 6) is 2.56. The number of carbonyl (C=O) groups excluding carboxylic acids is 1. The Kier molecular flexibility index (Phi) is 4.26. The number of anilines is 2. The second-order valence-corrected chi connectivity index (χ2v) is 7.13. The molecule has 1 aromatic rings. The van der Waals surface area contributed by atoms with Crippen molar-refractivity contribution in [2.75, 3.05) is 69.2 Å². The zero-order valence-corrected chi connectivity index (χ0v) is 14.4. The Morgan fingerprint density at radius 1 is 0.875 bits per heavy atom. The highest BCUT2D eigenvalue weighted by atomic mass is 16.2. The van der Waals surface area contributed by atoms with Crippen LogP contribution < -0.4 is 9.80 Å². The lowest BCUT2D eigenvalue weighted by Crippen LogP contribution is -2.49. The van der Waals surface area contributed by atoms with Crippen molar-refractivity contribution < 1.29 is 4.79 Å². The minimum Gasteiger partial charge on any atom is -0.353 e. The van der Waals surface area contributed by atoms with E-state index in [2.05, 4.69) is 44.1 Å². The number of piperazine rings is 2. The van der Waals surface area contributed by atoms with Gasteiger partial charge in [0.25, 0.3) is 0 Å². The van der Waals surface area contributed by atoms with Crippen molar-refractivity contribution in [1.82, 2.24) is 20.0 Å². The third-order valence-electron chi connectivity index (χ3n) is 5.31. The summed E-state index contributed by atoms with van der Waals surface area (Å²) in [6, 6.07) is 4.15. The van der Waals surface area contributed by atoms with Gasteiger partial charge in [0.2, 0.25) is 5.91 Å². The van der Waals surface area contributed by atoms with Crippen molar-refractivity contribution in [2.24, 2.45) is 5.92 Å². The first kappa shape index (κ1) is 15.6. The Bertz CT molecular complexity index is 571. The molecule has 4 rings (SSSR count). The Morgan fingerprint density at radius 3 is 1.83 bits per heavy atom. The fourth-order valence-electron chi connectivity index (χ4n) is 3.44. The molecular weight excluding hydrogens is 304 g/mol. The van der Waals surface area contributed by atoms with Crippen molar-refractivity contribution in [3.8, 4) is 0 Å². The summed E-state index contributed by atoms with van der Waals surface area (Å²) >= 11 is 0. The number of hydrogen-bond acceptors (Lipinski definition) is 6. The smallest absolute Gasteiger partial charge is 0.225 e. The highest BCUT2D eigenvalue weighted by Crippen LogP contribution is 2.31. The van der Waals surface area contributed by atoms with Crippen LogP contribution in [0.4, 0.5) is 11.6 Å². The van der Waals surface area contributed by atoms with Crippen LogP contribution in [0.3, 0.4) is 0 Å². The molecule has 7 heteroatoms. The quantitative estimate of drug-likeness (QED) is 0.794. The number of likely N-dealkylation sites (N-methyl/N-ethyl adjacent to an activating group) is 1. The van der Waals surface area contributed by atoms with Gasteiger partial charge >= 0.3 is 0 Å². The van der Waals surface area contributed by atoms with Crippen molar-refractivity contribution in [3.05, 3.63) is 12.1 Å². The summed E-state index contributed by atoms with van der Waals surface area (Å²) in [5.41, 5.74) is 0. The molecule has 0 spiro atoms. The maximum absolute atomic E-state index is 12.1. The summed E-state index contributed by atoms with van der Waals surface area (Å²) < 4.78 is 0. The van der Waals surface area contributed by atoms with E-state index in [1.807, 2.05) is 4.90 Å². The topological polar surface area (TPSA) is 55.8 Å². The van der Waals surface area contributed by atoms with E-state index < -0.39 is 0 Å². The van der Waals surface area contributed by atoms with E-state index in [-0.39, 0.29) is 0 Å². The van der Waals surface area contributed by atoms with Gasteiger partial charge in [-0.2, -0.15) is 0 Å². The molecule has 1 aromatic heterocycles. The first-order valence-corrected chi connectivity index (χ1v) is 9.02. The van der Waals surface area contributed by atoms with Crippen LogP contribution >= 0.6 is 0 Å². The van der Waals surface area contributed by atoms with E-state index in [1.165, 1.54) is 0 Å². The molecule has 0 unspecified atom stereocenters. The molecule has 130 valence electrons. The molecule has 0 aromatic carbocycles. The molecule has 0 atom stereocenters. The number of carbonyl (C=O) groups is 1. The third kappa shape index (κ3) is 3.31. The van der Waals surface area contributed by atoms with E-state index >= 15 is 0 Å². The molecular formula is C17H26N6O. The van der Waals surface area contributed by atoms with Crippen LogP contribution in [-0.2, 0) is 4.79 Å². The van der Waals surface area contributed by atoms with Crippen LogP contribution in [0.25, 0.3) is 0 Å². The van der Waals surface area contributed by atoms with E-state index in [4.69, 9.17) is 0 Å². The fourth-order valence-corrected chi connectivity index (χ4v) is 3.44. The lowest BCUT2D eigenvalue weighted by Gasteiger charge is -2.36. The second kappa shape index (κ2) is 6.55. The lowest BCUT2D eigenvalue weighted by atomic mass is 10.2. The first-order chi connectivity index (χ1) is 11.7. The fraction of sp³-hybridized carbons (Fsp3) is 0.706. The largest absolute Gasteiger partial charge is 0.353 e. The molecule has 7 nitrogen and oxygen atoms in total. The predicted molar refractivity (Wildman–Crippen MR) is 93.3 cm³/mol. The van der Waals surface area contributed by atoms with Crippen molar-refractivity contribution in [2.45, 2.75) is 12.8 Å². The van der Waals surface area contributed by atoms with Crippen molar-refractivity contribution >= 4 is 17.5 Å². The first-order valence-electron chi connectivity index (χ1n) is 9.02. The molecule has 3 fully saturated rings. The molecule has 0 N–H and O–H groups in total.